The molecule has 0 spiro atoms. The molecule has 0 aromatic carbocycles. The Labute approximate surface area is 85.3 Å². The lowest BCUT2D eigenvalue weighted by Gasteiger charge is -2.24. The van der Waals surface area contributed by atoms with Crippen LogP contribution in [0.2, 0.25) is 0 Å². The van der Waals surface area contributed by atoms with Gasteiger partial charge in [-0.2, -0.15) is 18.3 Å². The molecule has 0 saturated carbocycles. The molecule has 2 unspecified atom stereocenters. The van der Waals surface area contributed by atoms with Crippen molar-refractivity contribution in [3.8, 4) is 0 Å². The Bertz CT molecular complexity index is 342. The second kappa shape index (κ2) is 3.80. The molecule has 0 amide bonds. The van der Waals surface area contributed by atoms with Crippen molar-refractivity contribution in [2.45, 2.75) is 39.0 Å². The lowest BCUT2D eigenvalue weighted by molar-refractivity contribution is -0.174. The van der Waals surface area contributed by atoms with Crippen LogP contribution in [-0.4, -0.2) is 27.0 Å². The fourth-order valence-corrected chi connectivity index (χ4v) is 1.46. The molecule has 0 aliphatic rings. The molecule has 2 N–H and O–H groups in total. The molecule has 1 rings (SSSR count). The van der Waals surface area contributed by atoms with Gasteiger partial charge in [-0.25, -0.2) is 9.67 Å². The fourth-order valence-electron chi connectivity index (χ4n) is 1.46. The molecule has 1 aromatic heterocycles. The van der Waals surface area contributed by atoms with E-state index in [1.165, 1.54) is 20.8 Å². The molecule has 0 saturated heterocycles. The normalized spacial score (nSPS) is 16.5. The summed E-state index contributed by atoms with van der Waals surface area (Å²) in [4.78, 5) is 3.82. The van der Waals surface area contributed by atoms with Crippen LogP contribution in [0.5, 0.6) is 0 Å². The summed E-state index contributed by atoms with van der Waals surface area (Å²) in [6.45, 7) is 4.31. The number of rotatable bonds is 2. The molecule has 4 nitrogen and oxygen atoms in total. The van der Waals surface area contributed by atoms with E-state index >= 15 is 0 Å². The number of hydrogen-bond donors (Lipinski definition) is 1. The Morgan fingerprint density at radius 3 is 2.13 bits per heavy atom. The number of nitrogens with two attached hydrogens (primary N) is 1. The van der Waals surface area contributed by atoms with Gasteiger partial charge in [0, 0.05) is 6.04 Å². The number of halogens is 3. The number of hydrogen-bond acceptors (Lipinski definition) is 3. The second-order valence-electron chi connectivity index (χ2n) is 3.50. The first-order valence-corrected chi connectivity index (χ1v) is 4.45. The van der Waals surface area contributed by atoms with E-state index in [1.807, 2.05) is 0 Å². The molecule has 86 valence electrons. The zero-order chi connectivity index (χ0) is 11.8. The standard InChI is InChI=1S/C8H13F3N4/c1-4(12)7(8(9,10)11)15-6(3)13-5(2)14-15/h4,7H,12H2,1-3H3. The minimum absolute atomic E-state index is 0.215. The Morgan fingerprint density at radius 1 is 1.33 bits per heavy atom. The SMILES string of the molecule is Cc1nc(C)n(C(C(C)N)C(F)(F)F)n1. The van der Waals surface area contributed by atoms with Crippen LogP contribution in [0.25, 0.3) is 0 Å². The highest BCUT2D eigenvalue weighted by molar-refractivity contribution is 4.94. The molecule has 7 heteroatoms. The zero-order valence-corrected chi connectivity index (χ0v) is 8.71. The molecule has 0 aliphatic heterocycles. The van der Waals surface area contributed by atoms with Gasteiger partial charge in [-0.15, -0.1) is 0 Å². The molecule has 2 atom stereocenters. The van der Waals surface area contributed by atoms with E-state index in [-0.39, 0.29) is 5.82 Å². The maximum absolute atomic E-state index is 12.7. The van der Waals surface area contributed by atoms with E-state index in [0.29, 0.717) is 5.82 Å². The fraction of sp³-hybridized carbons (Fsp3) is 0.750. The zero-order valence-electron chi connectivity index (χ0n) is 8.71. The molecule has 0 aliphatic carbocycles. The highest BCUT2D eigenvalue weighted by Crippen LogP contribution is 2.32. The Kier molecular flexibility index (Phi) is 3.03. The Balaban J connectivity index is 3.16. The van der Waals surface area contributed by atoms with E-state index in [9.17, 15) is 13.2 Å². The monoisotopic (exact) mass is 222 g/mol. The van der Waals surface area contributed by atoms with Crippen LogP contribution in [0, 0.1) is 13.8 Å². The van der Waals surface area contributed by atoms with Crippen molar-refractivity contribution in [1.29, 1.82) is 0 Å². The van der Waals surface area contributed by atoms with Crippen molar-refractivity contribution in [2.75, 3.05) is 0 Å². The number of aromatic nitrogens is 3. The van der Waals surface area contributed by atoms with Gasteiger partial charge in [0.25, 0.3) is 0 Å². The second-order valence-corrected chi connectivity index (χ2v) is 3.50. The van der Waals surface area contributed by atoms with E-state index in [1.54, 1.807) is 0 Å². The highest BCUT2D eigenvalue weighted by atomic mass is 19.4. The third-order valence-corrected chi connectivity index (χ3v) is 2.00. The minimum Gasteiger partial charge on any atom is -0.326 e. The molecular weight excluding hydrogens is 209 g/mol. The minimum atomic E-state index is -4.42. The van der Waals surface area contributed by atoms with Crippen molar-refractivity contribution in [3.05, 3.63) is 11.6 Å². The van der Waals surface area contributed by atoms with Gasteiger partial charge in [0.1, 0.15) is 11.6 Å². The molecular formula is C8H13F3N4. The number of alkyl halides is 3. The van der Waals surface area contributed by atoms with Crippen molar-refractivity contribution < 1.29 is 13.2 Å². The maximum Gasteiger partial charge on any atom is 0.412 e. The van der Waals surface area contributed by atoms with Gasteiger partial charge in [-0.3, -0.25) is 0 Å². The lowest BCUT2D eigenvalue weighted by atomic mass is 10.1. The first-order valence-electron chi connectivity index (χ1n) is 4.45. The first-order chi connectivity index (χ1) is 6.73. The van der Waals surface area contributed by atoms with Crippen LogP contribution < -0.4 is 5.73 Å². The van der Waals surface area contributed by atoms with Crippen molar-refractivity contribution in [2.24, 2.45) is 5.73 Å². The van der Waals surface area contributed by atoms with Crippen LogP contribution >= 0.6 is 0 Å². The first kappa shape index (κ1) is 12.0. The van der Waals surface area contributed by atoms with Gasteiger partial charge in [0.2, 0.25) is 0 Å². The predicted molar refractivity (Wildman–Crippen MR) is 48.2 cm³/mol. The molecule has 0 radical (unpaired) electrons. The summed E-state index contributed by atoms with van der Waals surface area (Å²) in [5.74, 6) is 0.523. The quantitative estimate of drug-likeness (QED) is 0.821. The van der Waals surface area contributed by atoms with Gasteiger partial charge in [-0.05, 0) is 20.8 Å². The van der Waals surface area contributed by atoms with Gasteiger partial charge in [-0.1, -0.05) is 0 Å². The molecule has 0 fully saturated rings. The summed E-state index contributed by atoms with van der Waals surface area (Å²) in [5.41, 5.74) is 5.32. The third-order valence-electron chi connectivity index (χ3n) is 2.00. The largest absolute Gasteiger partial charge is 0.412 e. The third kappa shape index (κ3) is 2.47. The average Bonchev–Trinajstić information content (AvgIpc) is 2.26. The Morgan fingerprint density at radius 2 is 1.87 bits per heavy atom. The maximum atomic E-state index is 12.7. The number of nitrogens with zero attached hydrogens (tertiary/aromatic N) is 3. The van der Waals surface area contributed by atoms with Crippen LogP contribution in [0.15, 0.2) is 0 Å². The lowest BCUT2D eigenvalue weighted by Crippen LogP contribution is -2.40. The van der Waals surface area contributed by atoms with Crippen molar-refractivity contribution >= 4 is 0 Å². The van der Waals surface area contributed by atoms with E-state index in [4.69, 9.17) is 5.73 Å². The predicted octanol–water partition coefficient (Wildman–Crippen LogP) is 1.35. The van der Waals surface area contributed by atoms with Gasteiger partial charge >= 0.3 is 6.18 Å². The molecule has 1 aromatic rings. The summed E-state index contributed by atoms with van der Waals surface area (Å²) in [5, 5.41) is 3.70. The highest BCUT2D eigenvalue weighted by Gasteiger charge is 2.44. The van der Waals surface area contributed by atoms with Gasteiger partial charge < -0.3 is 5.73 Å². The summed E-state index contributed by atoms with van der Waals surface area (Å²) in [7, 11) is 0. The van der Waals surface area contributed by atoms with E-state index in [0.717, 1.165) is 4.68 Å². The summed E-state index contributed by atoms with van der Waals surface area (Å²) in [6, 6.07) is -2.89. The smallest absolute Gasteiger partial charge is 0.326 e. The van der Waals surface area contributed by atoms with Crippen LogP contribution in [0.3, 0.4) is 0 Å². The van der Waals surface area contributed by atoms with Crippen molar-refractivity contribution in [1.82, 2.24) is 14.8 Å². The topological polar surface area (TPSA) is 56.7 Å². The molecule has 15 heavy (non-hydrogen) atoms. The summed E-state index contributed by atoms with van der Waals surface area (Å²) in [6.07, 6.45) is -4.42. The average molecular weight is 222 g/mol. The van der Waals surface area contributed by atoms with Crippen LogP contribution in [-0.2, 0) is 0 Å². The van der Waals surface area contributed by atoms with Gasteiger partial charge in [0.15, 0.2) is 6.04 Å². The van der Waals surface area contributed by atoms with E-state index in [2.05, 4.69) is 10.1 Å². The summed E-state index contributed by atoms with van der Waals surface area (Å²) < 4.78 is 38.9. The van der Waals surface area contributed by atoms with Crippen LogP contribution in [0.4, 0.5) is 13.2 Å². The molecule has 0 bridgehead atoms. The summed E-state index contributed by atoms with van der Waals surface area (Å²) >= 11 is 0. The van der Waals surface area contributed by atoms with Crippen molar-refractivity contribution in [3.63, 3.8) is 0 Å². The number of aryl methyl sites for hydroxylation is 2. The van der Waals surface area contributed by atoms with E-state index < -0.39 is 18.3 Å². The van der Waals surface area contributed by atoms with Crippen LogP contribution in [0.1, 0.15) is 24.6 Å². The molecule has 1 heterocycles. The Hall–Kier alpha value is -1.11. The van der Waals surface area contributed by atoms with Gasteiger partial charge in [0.05, 0.1) is 0 Å².